The van der Waals surface area contributed by atoms with Crippen LogP contribution in [0.4, 0.5) is 20.7 Å². The van der Waals surface area contributed by atoms with E-state index in [0.717, 1.165) is 18.4 Å². The van der Waals surface area contributed by atoms with Crippen molar-refractivity contribution in [3.05, 3.63) is 83.6 Å². The van der Waals surface area contributed by atoms with Crippen molar-refractivity contribution in [2.45, 2.75) is 52.5 Å². The highest BCUT2D eigenvalue weighted by Crippen LogP contribution is 2.26. The Labute approximate surface area is 272 Å². The summed E-state index contributed by atoms with van der Waals surface area (Å²) in [6, 6.07) is 14.3. The number of aryl methyl sites for hydroxylation is 1. The molecule has 3 N–H and O–H groups in total. The molecule has 0 aliphatic carbocycles. The summed E-state index contributed by atoms with van der Waals surface area (Å²) in [7, 11) is 1.86. The van der Waals surface area contributed by atoms with Crippen molar-refractivity contribution in [2.24, 2.45) is 17.8 Å². The minimum Gasteiger partial charge on any atom is -0.466 e. The summed E-state index contributed by atoms with van der Waals surface area (Å²) in [5.74, 6) is -0.606. The van der Waals surface area contributed by atoms with E-state index in [1.165, 1.54) is 17.0 Å². The summed E-state index contributed by atoms with van der Waals surface area (Å²) >= 11 is 0. The molecule has 0 radical (unpaired) electrons. The lowest BCUT2D eigenvalue weighted by Crippen LogP contribution is -2.34. The van der Waals surface area contributed by atoms with Crippen LogP contribution in [0.1, 0.15) is 74.2 Å². The molecule has 2 aromatic heterocycles. The molecule has 0 aliphatic rings. The number of rotatable bonds is 14. The third-order valence-electron chi connectivity index (χ3n) is 7.38. The minimum absolute atomic E-state index is 0.0149. The molecule has 4 aromatic rings. The number of amides is 2. The van der Waals surface area contributed by atoms with Gasteiger partial charge in [0, 0.05) is 31.0 Å². The first kappa shape index (κ1) is 34.5. The van der Waals surface area contributed by atoms with Gasteiger partial charge in [-0.25, -0.2) is 19.2 Å². The number of hydrogen-bond donors (Lipinski definition) is 2. The van der Waals surface area contributed by atoms with E-state index in [0.29, 0.717) is 34.8 Å². The fourth-order valence-corrected chi connectivity index (χ4v) is 4.99. The number of carbonyl (C=O) groups is 3. The molecule has 4 rings (SSSR count). The largest absolute Gasteiger partial charge is 0.466 e. The molecule has 0 saturated heterocycles. The SMILES string of the molecule is CCCCCOC(=O)/N=C(\N)c1cc(NC(C)c2nc3cc(C(=O)N(CCC(=O)OCC)c4ccccn4)ccc3n2C)ccc1F. The number of nitrogens with one attached hydrogen (secondary N) is 1. The summed E-state index contributed by atoms with van der Waals surface area (Å²) in [5, 5.41) is 3.29. The van der Waals surface area contributed by atoms with Crippen LogP contribution in [0, 0.1) is 5.82 Å². The van der Waals surface area contributed by atoms with Crippen LogP contribution in [0.2, 0.25) is 0 Å². The Bertz CT molecular complexity index is 1740. The Balaban J connectivity index is 1.53. The van der Waals surface area contributed by atoms with Gasteiger partial charge < -0.3 is 25.1 Å². The standard InChI is InChI=1S/C34H40FN7O5/c1-5-7-10-19-47-34(45)40-31(36)25-21-24(13-14-26(25)35)38-22(3)32-39-27-20-23(12-15-28(27)41(32)4)33(44)42(18-16-30(43)46-6-2)29-11-8-9-17-37-29/h8-9,11-15,17,20-22,38H,5-7,10,16,18-19H2,1-4H3,(H2,36,40,45). The Kier molecular flexibility index (Phi) is 12.0. The summed E-state index contributed by atoms with van der Waals surface area (Å²) in [4.78, 5) is 52.1. The predicted octanol–water partition coefficient (Wildman–Crippen LogP) is 5.91. The zero-order valence-corrected chi connectivity index (χ0v) is 27.0. The molecule has 13 heteroatoms. The zero-order valence-electron chi connectivity index (χ0n) is 27.0. The molecular formula is C34H40FN7O5. The smallest absolute Gasteiger partial charge is 0.435 e. The van der Waals surface area contributed by atoms with Crippen LogP contribution in [0.25, 0.3) is 11.0 Å². The first-order valence-electron chi connectivity index (χ1n) is 15.5. The number of nitrogens with two attached hydrogens (primary N) is 1. The fraction of sp³-hybridized carbons (Fsp3) is 0.353. The third kappa shape index (κ3) is 8.90. The molecule has 2 aromatic carbocycles. The first-order chi connectivity index (χ1) is 22.6. The molecule has 1 atom stereocenters. The number of aromatic nitrogens is 3. The number of unbranched alkanes of at least 4 members (excludes halogenated alkanes) is 2. The van der Waals surface area contributed by atoms with Crippen LogP contribution in [0.5, 0.6) is 0 Å². The van der Waals surface area contributed by atoms with Crippen molar-refractivity contribution in [2.75, 3.05) is 30.0 Å². The molecule has 1 unspecified atom stereocenters. The lowest BCUT2D eigenvalue weighted by atomic mass is 10.1. The number of amidine groups is 1. The highest BCUT2D eigenvalue weighted by atomic mass is 19.1. The van der Waals surface area contributed by atoms with E-state index < -0.39 is 17.9 Å². The van der Waals surface area contributed by atoms with E-state index in [4.69, 9.17) is 20.2 Å². The van der Waals surface area contributed by atoms with Gasteiger partial charge in [0.15, 0.2) is 0 Å². The molecule has 47 heavy (non-hydrogen) atoms. The number of aliphatic imine (C=N–C) groups is 1. The van der Waals surface area contributed by atoms with Gasteiger partial charge in [0.1, 0.15) is 23.3 Å². The minimum atomic E-state index is -0.871. The van der Waals surface area contributed by atoms with Crippen molar-refractivity contribution in [1.82, 2.24) is 14.5 Å². The number of benzene rings is 2. The van der Waals surface area contributed by atoms with Crippen molar-refractivity contribution in [1.29, 1.82) is 0 Å². The van der Waals surface area contributed by atoms with Crippen LogP contribution in [-0.2, 0) is 21.3 Å². The number of anilines is 2. The normalized spacial score (nSPS) is 12.1. The highest BCUT2D eigenvalue weighted by molar-refractivity contribution is 6.07. The first-order valence-corrected chi connectivity index (χ1v) is 15.5. The number of imidazole rings is 1. The Morgan fingerprint density at radius 2 is 1.89 bits per heavy atom. The molecule has 0 aliphatic heterocycles. The van der Waals surface area contributed by atoms with Gasteiger partial charge >= 0.3 is 12.1 Å². The summed E-state index contributed by atoms with van der Waals surface area (Å²) < 4.78 is 26.7. The van der Waals surface area contributed by atoms with Gasteiger partial charge in [-0.2, -0.15) is 4.99 Å². The predicted molar refractivity (Wildman–Crippen MR) is 178 cm³/mol. The molecule has 0 fully saturated rings. The lowest BCUT2D eigenvalue weighted by molar-refractivity contribution is -0.142. The van der Waals surface area contributed by atoms with Crippen molar-refractivity contribution < 1.29 is 28.2 Å². The fourth-order valence-electron chi connectivity index (χ4n) is 4.99. The van der Waals surface area contributed by atoms with Crippen molar-refractivity contribution >= 4 is 46.3 Å². The number of esters is 1. The maximum Gasteiger partial charge on any atom is 0.435 e. The summed E-state index contributed by atoms with van der Waals surface area (Å²) in [6.07, 6.45) is 3.33. The average Bonchev–Trinajstić information content (AvgIpc) is 3.40. The molecule has 12 nitrogen and oxygen atoms in total. The summed E-state index contributed by atoms with van der Waals surface area (Å²) in [6.45, 7) is 6.22. The van der Waals surface area contributed by atoms with E-state index >= 15 is 0 Å². The number of nitrogens with zero attached hydrogens (tertiary/aromatic N) is 5. The number of fused-ring (bicyclic) bond motifs is 1. The Morgan fingerprint density at radius 3 is 2.62 bits per heavy atom. The molecule has 0 bridgehead atoms. The van der Waals surface area contributed by atoms with Gasteiger partial charge in [-0.3, -0.25) is 14.5 Å². The second-order valence-electron chi connectivity index (χ2n) is 10.8. The molecule has 2 amide bonds. The Hall–Kier alpha value is -5.33. The zero-order chi connectivity index (χ0) is 33.9. The van der Waals surface area contributed by atoms with Crippen LogP contribution in [0.3, 0.4) is 0 Å². The maximum absolute atomic E-state index is 14.7. The Morgan fingerprint density at radius 1 is 1.09 bits per heavy atom. The topological polar surface area (TPSA) is 154 Å². The molecule has 2 heterocycles. The van der Waals surface area contributed by atoms with E-state index in [9.17, 15) is 18.8 Å². The quantitative estimate of drug-likeness (QED) is 0.0737. The van der Waals surface area contributed by atoms with Gasteiger partial charge in [0.05, 0.1) is 42.3 Å². The molecule has 248 valence electrons. The highest BCUT2D eigenvalue weighted by Gasteiger charge is 2.22. The second kappa shape index (κ2) is 16.3. The van der Waals surface area contributed by atoms with Gasteiger partial charge in [-0.1, -0.05) is 25.8 Å². The van der Waals surface area contributed by atoms with E-state index in [2.05, 4.69) is 15.3 Å². The van der Waals surface area contributed by atoms with Crippen LogP contribution in [-0.4, -0.2) is 58.1 Å². The van der Waals surface area contributed by atoms with Crippen LogP contribution < -0.4 is 16.0 Å². The number of ether oxygens (including phenoxy) is 2. The maximum atomic E-state index is 14.7. The average molecular weight is 646 g/mol. The van der Waals surface area contributed by atoms with E-state index in [1.54, 1.807) is 49.5 Å². The number of pyridine rings is 1. The van der Waals surface area contributed by atoms with Crippen molar-refractivity contribution in [3.63, 3.8) is 0 Å². The molecule has 0 saturated carbocycles. The van der Waals surface area contributed by atoms with Crippen molar-refractivity contribution in [3.8, 4) is 0 Å². The lowest BCUT2D eigenvalue weighted by Gasteiger charge is -2.21. The third-order valence-corrected chi connectivity index (χ3v) is 7.38. The monoisotopic (exact) mass is 645 g/mol. The van der Waals surface area contributed by atoms with Gasteiger partial charge in [0.25, 0.3) is 5.91 Å². The second-order valence-corrected chi connectivity index (χ2v) is 10.8. The van der Waals surface area contributed by atoms with E-state index in [-0.39, 0.29) is 49.5 Å². The summed E-state index contributed by atoms with van der Waals surface area (Å²) in [5.41, 5.74) is 8.20. The molecule has 0 spiro atoms. The van der Waals surface area contributed by atoms with Crippen LogP contribution in [0.15, 0.2) is 65.8 Å². The van der Waals surface area contributed by atoms with Crippen LogP contribution >= 0.6 is 0 Å². The number of hydrogen-bond acceptors (Lipinski definition) is 8. The number of carbonyl (C=O) groups excluding carboxylic acids is 3. The van der Waals surface area contributed by atoms with Gasteiger partial charge in [-0.15, -0.1) is 0 Å². The van der Waals surface area contributed by atoms with Gasteiger partial charge in [0.2, 0.25) is 0 Å². The van der Waals surface area contributed by atoms with Gasteiger partial charge in [-0.05, 0) is 68.8 Å². The van der Waals surface area contributed by atoms with E-state index in [1.807, 2.05) is 31.5 Å². The molecular weight excluding hydrogens is 605 g/mol. The number of halogens is 1.